The van der Waals surface area contributed by atoms with E-state index >= 15 is 0 Å². The van der Waals surface area contributed by atoms with E-state index in [1.54, 1.807) is 12.1 Å². The molecule has 6 heteroatoms. The Morgan fingerprint density at radius 1 is 0.750 bits per heavy atom. The van der Waals surface area contributed by atoms with Crippen LogP contribution in [-0.4, -0.2) is 19.0 Å². The van der Waals surface area contributed by atoms with Crippen LogP contribution in [0.15, 0.2) is 115 Å². The van der Waals surface area contributed by atoms with E-state index in [0.717, 1.165) is 30.4 Å². The molecule has 4 rings (SSSR count). The van der Waals surface area contributed by atoms with Gasteiger partial charge in [0.15, 0.2) is 0 Å². The van der Waals surface area contributed by atoms with E-state index in [-0.39, 0.29) is 5.41 Å². The first-order valence-corrected chi connectivity index (χ1v) is 12.9. The molecular formula is C30H28BNO3S. The summed E-state index contributed by atoms with van der Waals surface area (Å²) >= 11 is 1.12. The Morgan fingerprint density at radius 2 is 1.25 bits per heavy atom. The molecule has 0 aromatic heterocycles. The van der Waals surface area contributed by atoms with Gasteiger partial charge in [0.1, 0.15) is 0 Å². The predicted molar refractivity (Wildman–Crippen MR) is 146 cm³/mol. The summed E-state index contributed by atoms with van der Waals surface area (Å²) in [6.45, 7) is 0.354. The number of nitriles is 1. The highest BCUT2D eigenvalue weighted by molar-refractivity contribution is 7.94. The Labute approximate surface area is 217 Å². The zero-order valence-electron chi connectivity index (χ0n) is 20.0. The Kier molecular flexibility index (Phi) is 9.37. The van der Waals surface area contributed by atoms with Crippen molar-refractivity contribution >= 4 is 19.4 Å². The van der Waals surface area contributed by atoms with Crippen LogP contribution in [0.2, 0.25) is 0 Å². The lowest BCUT2D eigenvalue weighted by atomic mass is 9.67. The smallest absolute Gasteiger partial charge is 0.401 e. The second-order valence-corrected chi connectivity index (χ2v) is 9.17. The highest BCUT2D eigenvalue weighted by Gasteiger charge is 2.35. The number of rotatable bonds is 12. The summed E-state index contributed by atoms with van der Waals surface area (Å²) in [5, 5.41) is 19.1. The highest BCUT2D eigenvalue weighted by Crippen LogP contribution is 2.43. The van der Waals surface area contributed by atoms with Gasteiger partial charge in [0.05, 0.1) is 11.6 Å². The van der Waals surface area contributed by atoms with Crippen molar-refractivity contribution in [2.75, 3.05) is 6.61 Å². The van der Waals surface area contributed by atoms with Crippen molar-refractivity contribution in [2.24, 2.45) is 0 Å². The van der Waals surface area contributed by atoms with Gasteiger partial charge in [-0.3, -0.25) is 0 Å². The fourth-order valence-electron chi connectivity index (χ4n) is 4.49. The number of nitrogens with zero attached hydrogens (tertiary/aromatic N) is 1. The van der Waals surface area contributed by atoms with Crippen molar-refractivity contribution in [3.63, 3.8) is 0 Å². The third-order valence-electron chi connectivity index (χ3n) is 6.22. The molecule has 0 aliphatic heterocycles. The third kappa shape index (κ3) is 6.45. The summed E-state index contributed by atoms with van der Waals surface area (Å²) in [6, 6.07) is 41.0. The van der Waals surface area contributed by atoms with Gasteiger partial charge < -0.3 is 13.8 Å². The molecule has 1 N–H and O–H groups in total. The molecule has 0 fully saturated rings. The van der Waals surface area contributed by atoms with Crippen LogP contribution in [0.25, 0.3) is 0 Å². The van der Waals surface area contributed by atoms with Gasteiger partial charge in [-0.15, -0.1) is 0 Å². The summed E-state index contributed by atoms with van der Waals surface area (Å²) in [5.41, 5.74) is 4.94. The molecule has 4 aromatic carbocycles. The van der Waals surface area contributed by atoms with Gasteiger partial charge in [-0.1, -0.05) is 103 Å². The van der Waals surface area contributed by atoms with Crippen molar-refractivity contribution < 1.29 is 13.8 Å². The van der Waals surface area contributed by atoms with Gasteiger partial charge in [-0.25, -0.2) is 0 Å². The highest BCUT2D eigenvalue weighted by atomic mass is 32.2. The quantitative estimate of drug-likeness (QED) is 0.105. The van der Waals surface area contributed by atoms with E-state index in [4.69, 9.17) is 14.0 Å². The van der Waals surface area contributed by atoms with E-state index in [0.29, 0.717) is 17.9 Å². The van der Waals surface area contributed by atoms with Crippen molar-refractivity contribution in [1.82, 2.24) is 0 Å². The van der Waals surface area contributed by atoms with Gasteiger partial charge >= 0.3 is 7.32 Å². The molecule has 180 valence electrons. The first-order valence-electron chi connectivity index (χ1n) is 12.0. The molecular weight excluding hydrogens is 465 g/mol. The third-order valence-corrected chi connectivity index (χ3v) is 6.97. The SMILES string of the molecule is N#Cc1ccc(CSOB(O)OCCCC(c2ccccc2)(c2ccccc2)c2ccccc2)cc1. The molecule has 36 heavy (non-hydrogen) atoms. The fourth-order valence-corrected chi connectivity index (χ4v) is 5.05. The molecule has 0 spiro atoms. The van der Waals surface area contributed by atoms with Gasteiger partial charge in [-0.2, -0.15) is 5.26 Å². The van der Waals surface area contributed by atoms with Crippen molar-refractivity contribution in [1.29, 1.82) is 5.26 Å². The van der Waals surface area contributed by atoms with Crippen LogP contribution >= 0.6 is 12.0 Å². The van der Waals surface area contributed by atoms with E-state index < -0.39 is 7.32 Å². The average molecular weight is 493 g/mol. The minimum atomic E-state index is -1.31. The lowest BCUT2D eigenvalue weighted by Gasteiger charge is -2.36. The normalized spacial score (nSPS) is 11.1. The molecule has 4 nitrogen and oxygen atoms in total. The fraction of sp³-hybridized carbons (Fsp3) is 0.167. The van der Waals surface area contributed by atoms with E-state index in [1.807, 2.05) is 30.3 Å². The number of benzene rings is 4. The summed E-state index contributed by atoms with van der Waals surface area (Å²) in [7, 11) is -1.31. The van der Waals surface area contributed by atoms with Crippen LogP contribution < -0.4 is 0 Å². The van der Waals surface area contributed by atoms with E-state index in [9.17, 15) is 5.02 Å². The van der Waals surface area contributed by atoms with Crippen LogP contribution in [0.1, 0.15) is 40.7 Å². The second kappa shape index (κ2) is 13.1. The molecule has 0 aliphatic rings. The zero-order chi connectivity index (χ0) is 25.1. The topological polar surface area (TPSA) is 62.5 Å². The Bertz CT molecular complexity index is 1140. The van der Waals surface area contributed by atoms with Crippen LogP contribution in [0, 0.1) is 11.3 Å². The lowest BCUT2D eigenvalue weighted by molar-refractivity contribution is 0.196. The monoisotopic (exact) mass is 493 g/mol. The second-order valence-electron chi connectivity index (χ2n) is 8.45. The van der Waals surface area contributed by atoms with Crippen LogP contribution in [0.4, 0.5) is 0 Å². The largest absolute Gasteiger partial charge is 0.648 e. The predicted octanol–water partition coefficient (Wildman–Crippen LogP) is 6.53. The molecule has 0 heterocycles. The van der Waals surface area contributed by atoms with Crippen LogP contribution in [0.5, 0.6) is 0 Å². The lowest BCUT2D eigenvalue weighted by Crippen LogP contribution is -2.30. The van der Waals surface area contributed by atoms with Crippen LogP contribution in [0.3, 0.4) is 0 Å². The Morgan fingerprint density at radius 3 is 1.72 bits per heavy atom. The molecule has 0 saturated heterocycles. The summed E-state index contributed by atoms with van der Waals surface area (Å²) in [4.78, 5) is 0. The summed E-state index contributed by atoms with van der Waals surface area (Å²) in [6.07, 6.45) is 1.52. The van der Waals surface area contributed by atoms with Crippen LogP contribution in [-0.2, 0) is 19.9 Å². The summed E-state index contributed by atoms with van der Waals surface area (Å²) in [5.74, 6) is 0.547. The Hall–Kier alpha value is -3.34. The average Bonchev–Trinajstić information content (AvgIpc) is 2.95. The number of hydrogen-bond acceptors (Lipinski definition) is 5. The molecule has 0 aliphatic carbocycles. The maximum Gasteiger partial charge on any atom is 0.648 e. The van der Waals surface area contributed by atoms with E-state index in [2.05, 4.69) is 78.9 Å². The minimum Gasteiger partial charge on any atom is -0.401 e. The molecule has 0 amide bonds. The van der Waals surface area contributed by atoms with Gasteiger partial charge in [0.25, 0.3) is 0 Å². The summed E-state index contributed by atoms with van der Waals surface area (Å²) < 4.78 is 11.0. The Balaban J connectivity index is 1.40. The minimum absolute atomic E-state index is 0.344. The molecule has 4 aromatic rings. The molecule has 0 bridgehead atoms. The standard InChI is InChI=1S/C30H28BNO3S/c32-23-25-17-19-26(20-18-25)24-36-35-31(33)34-22-10-21-30(27-11-4-1-5-12-27,28-13-6-2-7-14-28)29-15-8-3-9-16-29/h1-9,11-20,33H,10,21-22,24H2. The van der Waals surface area contributed by atoms with Crippen molar-refractivity contribution in [3.8, 4) is 6.07 Å². The maximum atomic E-state index is 10.2. The van der Waals surface area contributed by atoms with Gasteiger partial charge in [0, 0.05) is 17.8 Å². The first kappa shape index (κ1) is 25.7. The number of hydrogen-bond donors (Lipinski definition) is 1. The maximum absolute atomic E-state index is 10.2. The molecule has 0 unspecified atom stereocenters. The molecule has 0 radical (unpaired) electrons. The molecule has 0 saturated carbocycles. The van der Waals surface area contributed by atoms with Gasteiger partial charge in [-0.05, 0) is 59.3 Å². The van der Waals surface area contributed by atoms with Gasteiger partial charge in [0.2, 0.25) is 0 Å². The van der Waals surface area contributed by atoms with Crippen molar-refractivity contribution in [2.45, 2.75) is 24.0 Å². The molecule has 0 atom stereocenters. The zero-order valence-corrected chi connectivity index (χ0v) is 20.8. The van der Waals surface area contributed by atoms with Crippen molar-refractivity contribution in [3.05, 3.63) is 143 Å². The van der Waals surface area contributed by atoms with E-state index in [1.165, 1.54) is 16.7 Å². The first-order chi connectivity index (χ1) is 17.7.